The van der Waals surface area contributed by atoms with E-state index in [2.05, 4.69) is 25.3 Å². The van der Waals surface area contributed by atoms with Gasteiger partial charge in [0.15, 0.2) is 11.0 Å². The summed E-state index contributed by atoms with van der Waals surface area (Å²) in [6, 6.07) is 13.1. The second-order valence-electron chi connectivity index (χ2n) is 4.08. The third kappa shape index (κ3) is 3.81. The summed E-state index contributed by atoms with van der Waals surface area (Å²) in [6.45, 7) is 3.80. The van der Waals surface area contributed by atoms with E-state index in [0.717, 1.165) is 15.9 Å². The zero-order valence-electron chi connectivity index (χ0n) is 10.6. The van der Waals surface area contributed by atoms with E-state index < -0.39 is 11.0 Å². The predicted molar refractivity (Wildman–Crippen MR) is 81.7 cm³/mol. The van der Waals surface area contributed by atoms with Crippen molar-refractivity contribution in [2.24, 2.45) is 4.40 Å². The second-order valence-corrected chi connectivity index (χ2v) is 6.05. The highest BCUT2D eigenvalue weighted by Gasteiger charge is 2.05. The summed E-state index contributed by atoms with van der Waals surface area (Å²) in [5, 5.41) is 0. The maximum absolute atomic E-state index is 12.1. The van der Waals surface area contributed by atoms with Crippen LogP contribution in [0, 0.1) is 6.92 Å². The average Bonchev–Trinajstić information content (AvgIpc) is 2.39. The summed E-state index contributed by atoms with van der Waals surface area (Å²) >= 11 is 3.31. The molecule has 3 nitrogen and oxygen atoms in total. The fraction of sp³-hybridized carbons (Fsp3) is 0.143. The van der Waals surface area contributed by atoms with Crippen molar-refractivity contribution >= 4 is 32.6 Å². The van der Waals surface area contributed by atoms with E-state index in [1.165, 1.54) is 0 Å². The molecule has 2 rings (SSSR count). The Hall–Kier alpha value is -1.33. The Kier molecular flexibility index (Phi) is 4.61. The van der Waals surface area contributed by atoms with Gasteiger partial charge in [0.05, 0.1) is 16.3 Å². The van der Waals surface area contributed by atoms with Crippen LogP contribution in [0.2, 0.25) is 0 Å². The standard InChI is InChI=1S/C14H13BrN2OS/c1-10-6-8-12(9-7-10)19(18)17-11(2)13-4-3-5-14(15)16-13/h3-9H,1-2H3/b17-11+. The minimum absolute atomic E-state index is 0.653. The lowest BCUT2D eigenvalue weighted by molar-refractivity contribution is 0.684. The topological polar surface area (TPSA) is 42.3 Å². The molecule has 0 saturated heterocycles. The number of aryl methyl sites for hydroxylation is 1. The summed E-state index contributed by atoms with van der Waals surface area (Å²) < 4.78 is 17.0. The molecule has 19 heavy (non-hydrogen) atoms. The van der Waals surface area contributed by atoms with Crippen LogP contribution >= 0.6 is 15.9 Å². The van der Waals surface area contributed by atoms with Gasteiger partial charge in [-0.3, -0.25) is 0 Å². The Morgan fingerprint density at radius 2 is 1.89 bits per heavy atom. The van der Waals surface area contributed by atoms with Crippen LogP contribution in [-0.2, 0) is 11.0 Å². The maximum Gasteiger partial charge on any atom is 0.172 e. The molecule has 0 N–H and O–H groups in total. The molecule has 1 unspecified atom stereocenters. The van der Waals surface area contributed by atoms with Gasteiger partial charge in [-0.2, -0.15) is 4.40 Å². The molecule has 2 aromatic rings. The quantitative estimate of drug-likeness (QED) is 0.633. The van der Waals surface area contributed by atoms with Gasteiger partial charge >= 0.3 is 0 Å². The van der Waals surface area contributed by atoms with E-state index in [-0.39, 0.29) is 0 Å². The van der Waals surface area contributed by atoms with E-state index in [0.29, 0.717) is 10.6 Å². The highest BCUT2D eigenvalue weighted by Crippen LogP contribution is 2.12. The smallest absolute Gasteiger partial charge is 0.172 e. The first kappa shape index (κ1) is 14.1. The number of pyridine rings is 1. The van der Waals surface area contributed by atoms with Gasteiger partial charge in [-0.15, -0.1) is 0 Å². The molecule has 0 radical (unpaired) electrons. The first-order valence-corrected chi connectivity index (χ1v) is 7.63. The van der Waals surface area contributed by atoms with Crippen molar-refractivity contribution < 1.29 is 4.21 Å². The van der Waals surface area contributed by atoms with Crippen molar-refractivity contribution in [3.05, 3.63) is 58.3 Å². The van der Waals surface area contributed by atoms with Crippen LogP contribution in [0.3, 0.4) is 0 Å². The van der Waals surface area contributed by atoms with E-state index in [4.69, 9.17) is 0 Å². The molecule has 98 valence electrons. The Balaban J connectivity index is 2.25. The molecule has 0 aliphatic heterocycles. The monoisotopic (exact) mass is 336 g/mol. The van der Waals surface area contributed by atoms with Crippen LogP contribution in [-0.4, -0.2) is 14.9 Å². The molecule has 0 amide bonds. The molecule has 0 aliphatic carbocycles. The van der Waals surface area contributed by atoms with E-state index >= 15 is 0 Å². The van der Waals surface area contributed by atoms with Gasteiger partial charge in [0.1, 0.15) is 4.60 Å². The van der Waals surface area contributed by atoms with Gasteiger partial charge in [-0.05, 0) is 54.0 Å². The fourth-order valence-electron chi connectivity index (χ4n) is 1.49. The molecule has 5 heteroatoms. The predicted octanol–water partition coefficient (Wildman–Crippen LogP) is 3.68. The van der Waals surface area contributed by atoms with Gasteiger partial charge in [0.25, 0.3) is 0 Å². The Morgan fingerprint density at radius 3 is 2.53 bits per heavy atom. The molecule has 1 aromatic carbocycles. The minimum Gasteiger partial charge on any atom is -0.240 e. The molecule has 0 aliphatic rings. The van der Waals surface area contributed by atoms with Crippen LogP contribution in [0.1, 0.15) is 18.2 Å². The van der Waals surface area contributed by atoms with Crippen LogP contribution in [0.25, 0.3) is 0 Å². The van der Waals surface area contributed by atoms with Gasteiger partial charge in [0, 0.05) is 0 Å². The number of benzene rings is 1. The summed E-state index contributed by atoms with van der Waals surface area (Å²) in [5.74, 6) is 0. The number of hydrogen-bond acceptors (Lipinski definition) is 2. The normalized spacial score (nSPS) is 13.3. The largest absolute Gasteiger partial charge is 0.240 e. The van der Waals surface area contributed by atoms with Gasteiger partial charge < -0.3 is 0 Å². The molecule has 0 bridgehead atoms. The van der Waals surface area contributed by atoms with Crippen LogP contribution < -0.4 is 0 Å². The Morgan fingerprint density at radius 1 is 1.21 bits per heavy atom. The molecule has 1 heterocycles. The zero-order valence-corrected chi connectivity index (χ0v) is 13.0. The molecule has 0 spiro atoms. The molecule has 1 aromatic heterocycles. The third-order valence-electron chi connectivity index (χ3n) is 2.53. The maximum atomic E-state index is 12.1. The lowest BCUT2D eigenvalue weighted by Gasteiger charge is -2.01. The Labute approximate surface area is 123 Å². The number of rotatable bonds is 3. The van der Waals surface area contributed by atoms with E-state index in [9.17, 15) is 4.21 Å². The molecule has 1 atom stereocenters. The van der Waals surface area contributed by atoms with Crippen molar-refractivity contribution in [3.63, 3.8) is 0 Å². The minimum atomic E-state index is -1.40. The number of aromatic nitrogens is 1. The molecular weight excluding hydrogens is 324 g/mol. The SMILES string of the molecule is C/C(=N\S(=O)c1ccc(C)cc1)c1cccc(Br)n1. The number of nitrogens with zero attached hydrogens (tertiary/aromatic N) is 2. The average molecular weight is 337 g/mol. The summed E-state index contributed by atoms with van der Waals surface area (Å²) in [4.78, 5) is 4.98. The van der Waals surface area contributed by atoms with Gasteiger partial charge in [0.2, 0.25) is 0 Å². The molecule has 0 saturated carbocycles. The number of hydrogen-bond donors (Lipinski definition) is 0. The van der Waals surface area contributed by atoms with Crippen molar-refractivity contribution in [2.75, 3.05) is 0 Å². The summed E-state index contributed by atoms with van der Waals surface area (Å²) in [5.41, 5.74) is 2.50. The first-order chi connectivity index (χ1) is 9.06. The first-order valence-electron chi connectivity index (χ1n) is 5.73. The second kappa shape index (κ2) is 6.21. The van der Waals surface area contributed by atoms with E-state index in [1.54, 1.807) is 6.92 Å². The van der Waals surface area contributed by atoms with Crippen molar-refractivity contribution in [1.82, 2.24) is 4.98 Å². The van der Waals surface area contributed by atoms with Crippen molar-refractivity contribution in [1.29, 1.82) is 0 Å². The van der Waals surface area contributed by atoms with Crippen LogP contribution in [0.4, 0.5) is 0 Å². The van der Waals surface area contributed by atoms with E-state index in [1.807, 2.05) is 49.4 Å². The van der Waals surface area contributed by atoms with Crippen molar-refractivity contribution in [2.45, 2.75) is 18.7 Å². The van der Waals surface area contributed by atoms with Gasteiger partial charge in [-0.1, -0.05) is 23.8 Å². The molecular formula is C14H13BrN2OS. The highest BCUT2D eigenvalue weighted by atomic mass is 79.9. The lowest BCUT2D eigenvalue weighted by atomic mass is 10.2. The Bertz CT molecular complexity index is 638. The molecule has 0 fully saturated rings. The van der Waals surface area contributed by atoms with Crippen LogP contribution in [0.5, 0.6) is 0 Å². The van der Waals surface area contributed by atoms with Crippen LogP contribution in [0.15, 0.2) is 56.4 Å². The van der Waals surface area contributed by atoms with Crippen molar-refractivity contribution in [3.8, 4) is 0 Å². The zero-order chi connectivity index (χ0) is 13.8. The lowest BCUT2D eigenvalue weighted by Crippen LogP contribution is -2.01. The highest BCUT2D eigenvalue weighted by molar-refractivity contribution is 9.10. The summed E-state index contributed by atoms with van der Waals surface area (Å²) in [7, 11) is -1.40. The summed E-state index contributed by atoms with van der Waals surface area (Å²) in [6.07, 6.45) is 0. The fourth-order valence-corrected chi connectivity index (χ4v) is 2.65. The van der Waals surface area contributed by atoms with Gasteiger partial charge in [-0.25, -0.2) is 9.19 Å². The number of halogens is 1. The third-order valence-corrected chi connectivity index (χ3v) is 4.09.